The van der Waals surface area contributed by atoms with Crippen LogP contribution < -0.4 is 10.2 Å². The highest BCUT2D eigenvalue weighted by Crippen LogP contribution is 2.44. The van der Waals surface area contributed by atoms with Crippen LogP contribution in [-0.2, 0) is 0 Å². The van der Waals surface area contributed by atoms with E-state index in [4.69, 9.17) is 0 Å². The number of benzene rings is 5. The topological polar surface area (TPSA) is 55.7 Å². The number of aromatic hydroxyl groups is 2. The van der Waals surface area contributed by atoms with E-state index < -0.39 is 0 Å². The van der Waals surface area contributed by atoms with E-state index >= 15 is 0 Å². The van der Waals surface area contributed by atoms with Crippen LogP contribution >= 0.6 is 0 Å². The van der Waals surface area contributed by atoms with Crippen molar-refractivity contribution in [2.45, 2.75) is 6.92 Å². The molecule has 0 saturated carbocycles. The number of phenolic OH excluding ortho intramolecular Hbond substituents is 2. The van der Waals surface area contributed by atoms with Gasteiger partial charge in [-0.1, -0.05) is 66.7 Å². The number of phenols is 2. The second-order valence-corrected chi connectivity index (χ2v) is 8.34. The summed E-state index contributed by atoms with van der Waals surface area (Å²) < 4.78 is 0. The van der Waals surface area contributed by atoms with Crippen molar-refractivity contribution in [3.05, 3.63) is 127 Å². The van der Waals surface area contributed by atoms with Gasteiger partial charge >= 0.3 is 0 Å². The van der Waals surface area contributed by atoms with Crippen LogP contribution in [0.4, 0.5) is 28.4 Å². The normalized spacial score (nSPS) is 10.7. The molecule has 0 amide bonds. The minimum absolute atomic E-state index is 0.106. The van der Waals surface area contributed by atoms with Crippen molar-refractivity contribution < 1.29 is 10.2 Å². The average molecular weight is 459 g/mol. The van der Waals surface area contributed by atoms with Gasteiger partial charge in [0.2, 0.25) is 0 Å². The Hall–Kier alpha value is -4.70. The second kappa shape index (κ2) is 9.65. The summed E-state index contributed by atoms with van der Waals surface area (Å²) in [4.78, 5) is 2.18. The van der Waals surface area contributed by atoms with Crippen LogP contribution in [0.3, 0.4) is 0 Å². The molecule has 0 aliphatic carbocycles. The van der Waals surface area contributed by atoms with E-state index in [-0.39, 0.29) is 11.5 Å². The van der Waals surface area contributed by atoms with Crippen LogP contribution in [-0.4, -0.2) is 10.2 Å². The van der Waals surface area contributed by atoms with Crippen LogP contribution in [0.2, 0.25) is 0 Å². The lowest BCUT2D eigenvalue weighted by atomic mass is 9.97. The maximum absolute atomic E-state index is 10.9. The Labute approximate surface area is 205 Å². The fraction of sp³-hybridized carbons (Fsp3) is 0.0323. The summed E-state index contributed by atoms with van der Waals surface area (Å²) in [6.45, 7) is 1.81. The molecule has 0 fully saturated rings. The monoisotopic (exact) mass is 458 g/mol. The molecule has 4 nitrogen and oxygen atoms in total. The highest BCUT2D eigenvalue weighted by Gasteiger charge is 2.17. The van der Waals surface area contributed by atoms with Crippen molar-refractivity contribution >= 4 is 28.4 Å². The standard InChI is InChI=1S/C31H26N2O2/c1-22-30(29(34)21-28(31(22)35)32-24-11-5-2-6-12-24)23-17-19-27(20-18-23)33(25-13-7-3-8-14-25)26-15-9-4-10-16-26/h2-21,32,34-35H,1H3. The predicted octanol–water partition coefficient (Wildman–Crippen LogP) is 8.29. The van der Waals surface area contributed by atoms with E-state index in [1.807, 2.05) is 97.9 Å². The third-order valence-electron chi connectivity index (χ3n) is 6.02. The molecule has 35 heavy (non-hydrogen) atoms. The average Bonchev–Trinajstić information content (AvgIpc) is 2.90. The molecular weight excluding hydrogens is 432 g/mol. The molecule has 0 spiro atoms. The van der Waals surface area contributed by atoms with Crippen LogP contribution in [0.1, 0.15) is 5.56 Å². The summed E-state index contributed by atoms with van der Waals surface area (Å²) in [5.41, 5.74) is 6.45. The van der Waals surface area contributed by atoms with Gasteiger partial charge in [0.15, 0.2) is 0 Å². The summed E-state index contributed by atoms with van der Waals surface area (Å²) in [6.07, 6.45) is 0. The van der Waals surface area contributed by atoms with E-state index in [2.05, 4.69) is 34.5 Å². The van der Waals surface area contributed by atoms with Gasteiger partial charge in [-0.25, -0.2) is 0 Å². The lowest BCUT2D eigenvalue weighted by Crippen LogP contribution is -2.09. The van der Waals surface area contributed by atoms with Crippen molar-refractivity contribution in [3.8, 4) is 22.6 Å². The molecule has 0 aliphatic heterocycles. The second-order valence-electron chi connectivity index (χ2n) is 8.34. The maximum atomic E-state index is 10.9. The molecule has 0 bridgehead atoms. The molecule has 0 aliphatic rings. The molecule has 5 rings (SSSR count). The van der Waals surface area contributed by atoms with Gasteiger partial charge in [-0.05, 0) is 61.0 Å². The van der Waals surface area contributed by atoms with Crippen molar-refractivity contribution in [2.75, 3.05) is 10.2 Å². The molecule has 0 atom stereocenters. The van der Waals surface area contributed by atoms with Gasteiger partial charge in [-0.15, -0.1) is 0 Å². The number of nitrogens with one attached hydrogen (secondary N) is 1. The largest absolute Gasteiger partial charge is 0.507 e. The summed E-state index contributed by atoms with van der Waals surface area (Å²) in [5.74, 6) is 0.218. The molecule has 5 aromatic carbocycles. The van der Waals surface area contributed by atoms with Gasteiger partial charge in [-0.2, -0.15) is 0 Å². The van der Waals surface area contributed by atoms with Gasteiger partial charge in [0, 0.05) is 39.9 Å². The SMILES string of the molecule is Cc1c(O)c(Nc2ccccc2)cc(O)c1-c1ccc(N(c2ccccc2)c2ccccc2)cc1. The van der Waals surface area contributed by atoms with Crippen molar-refractivity contribution in [1.82, 2.24) is 0 Å². The Morgan fingerprint density at radius 3 is 1.63 bits per heavy atom. The maximum Gasteiger partial charge on any atom is 0.142 e. The molecule has 0 aromatic heterocycles. The predicted molar refractivity (Wildman–Crippen MR) is 144 cm³/mol. The van der Waals surface area contributed by atoms with E-state index in [1.165, 1.54) is 0 Å². The number of rotatable bonds is 6. The van der Waals surface area contributed by atoms with Crippen LogP contribution in [0, 0.1) is 6.92 Å². The first-order valence-corrected chi connectivity index (χ1v) is 11.5. The van der Waals surface area contributed by atoms with Gasteiger partial charge in [0.1, 0.15) is 11.5 Å². The lowest BCUT2D eigenvalue weighted by Gasteiger charge is -2.25. The van der Waals surface area contributed by atoms with E-state index in [9.17, 15) is 10.2 Å². The Balaban J connectivity index is 1.51. The summed E-state index contributed by atoms with van der Waals surface area (Å²) in [7, 11) is 0. The smallest absolute Gasteiger partial charge is 0.142 e. The number of nitrogens with zero attached hydrogens (tertiary/aromatic N) is 1. The first-order chi connectivity index (χ1) is 17.1. The summed E-state index contributed by atoms with van der Waals surface area (Å²) >= 11 is 0. The first kappa shape index (κ1) is 22.1. The number of anilines is 5. The Kier molecular flexibility index (Phi) is 6.10. The van der Waals surface area contributed by atoms with Gasteiger partial charge in [-0.3, -0.25) is 0 Å². The Bertz CT molecular complexity index is 1380. The van der Waals surface area contributed by atoms with E-state index in [0.29, 0.717) is 16.8 Å². The van der Waals surface area contributed by atoms with Crippen molar-refractivity contribution in [1.29, 1.82) is 0 Å². The van der Waals surface area contributed by atoms with Gasteiger partial charge in [0.25, 0.3) is 0 Å². The van der Waals surface area contributed by atoms with Crippen molar-refractivity contribution in [3.63, 3.8) is 0 Å². The first-order valence-electron chi connectivity index (χ1n) is 11.5. The zero-order valence-electron chi connectivity index (χ0n) is 19.4. The third kappa shape index (κ3) is 4.55. The third-order valence-corrected chi connectivity index (χ3v) is 6.02. The summed E-state index contributed by atoms with van der Waals surface area (Å²) in [5, 5.41) is 25.0. The molecule has 0 unspecified atom stereocenters. The molecule has 0 heterocycles. The Morgan fingerprint density at radius 2 is 1.09 bits per heavy atom. The highest BCUT2D eigenvalue weighted by molar-refractivity contribution is 5.84. The minimum Gasteiger partial charge on any atom is -0.507 e. The van der Waals surface area contributed by atoms with Crippen LogP contribution in [0.5, 0.6) is 11.5 Å². The lowest BCUT2D eigenvalue weighted by molar-refractivity contribution is 0.460. The fourth-order valence-corrected chi connectivity index (χ4v) is 4.30. The number of hydrogen-bond acceptors (Lipinski definition) is 4. The zero-order chi connectivity index (χ0) is 24.2. The molecule has 3 N–H and O–H groups in total. The van der Waals surface area contributed by atoms with Crippen molar-refractivity contribution in [2.24, 2.45) is 0 Å². The highest BCUT2D eigenvalue weighted by atomic mass is 16.3. The zero-order valence-corrected chi connectivity index (χ0v) is 19.4. The molecule has 5 aromatic rings. The minimum atomic E-state index is 0.106. The molecule has 172 valence electrons. The van der Waals surface area contributed by atoms with Crippen LogP contribution in [0.25, 0.3) is 11.1 Å². The molecular formula is C31H26N2O2. The van der Waals surface area contributed by atoms with Gasteiger partial charge in [0.05, 0.1) is 5.69 Å². The van der Waals surface area contributed by atoms with Crippen LogP contribution in [0.15, 0.2) is 121 Å². The summed E-state index contributed by atoms with van der Waals surface area (Å²) in [6, 6.07) is 39.5. The molecule has 0 radical (unpaired) electrons. The Morgan fingerprint density at radius 1 is 0.600 bits per heavy atom. The number of para-hydroxylation sites is 3. The van der Waals surface area contributed by atoms with E-state index in [0.717, 1.165) is 28.3 Å². The van der Waals surface area contributed by atoms with Gasteiger partial charge < -0.3 is 20.4 Å². The number of hydrogen-bond donors (Lipinski definition) is 3. The quantitative estimate of drug-likeness (QED) is 0.177. The van der Waals surface area contributed by atoms with E-state index in [1.54, 1.807) is 6.07 Å². The fourth-order valence-electron chi connectivity index (χ4n) is 4.30. The molecule has 4 heteroatoms. The molecule has 0 saturated heterocycles.